The summed E-state index contributed by atoms with van der Waals surface area (Å²) in [5, 5.41) is 3.10. The maximum atomic E-state index is 12.9. The van der Waals surface area contributed by atoms with E-state index in [4.69, 9.17) is 4.74 Å². The van der Waals surface area contributed by atoms with E-state index in [0.29, 0.717) is 30.1 Å². The summed E-state index contributed by atoms with van der Waals surface area (Å²) < 4.78 is 8.76. The Morgan fingerprint density at radius 1 is 1.21 bits per heavy atom. The third kappa shape index (κ3) is 3.91. The molecule has 12 nitrogen and oxygen atoms in total. The van der Waals surface area contributed by atoms with Gasteiger partial charge in [-0.15, -0.1) is 11.3 Å². The number of nitrogens with one attached hydrogen (secondary N) is 1. The summed E-state index contributed by atoms with van der Waals surface area (Å²) >= 11 is 1.23. The third-order valence-electron chi connectivity index (χ3n) is 5.77. The molecule has 1 aliphatic heterocycles. The predicted molar refractivity (Wildman–Crippen MR) is 124 cm³/mol. The van der Waals surface area contributed by atoms with E-state index in [1.807, 2.05) is 0 Å². The number of aromatic nitrogens is 4. The second-order valence-corrected chi connectivity index (χ2v) is 9.02. The molecule has 2 amide bonds. The number of imidazole rings is 1. The van der Waals surface area contributed by atoms with Gasteiger partial charge in [-0.05, 0) is 18.9 Å². The Balaban J connectivity index is 1.66. The van der Waals surface area contributed by atoms with E-state index in [1.54, 1.807) is 11.8 Å². The van der Waals surface area contributed by atoms with E-state index < -0.39 is 23.1 Å². The highest BCUT2D eigenvalue weighted by Gasteiger charge is 2.30. The minimum atomic E-state index is -0.563. The first-order valence-electron chi connectivity index (χ1n) is 10.6. The van der Waals surface area contributed by atoms with Crippen LogP contribution in [0, 0.1) is 0 Å². The van der Waals surface area contributed by atoms with Gasteiger partial charge in [-0.1, -0.05) is 0 Å². The molecule has 4 rings (SSSR count). The first kappa shape index (κ1) is 23.4. The van der Waals surface area contributed by atoms with E-state index in [9.17, 15) is 24.0 Å². The lowest BCUT2D eigenvalue weighted by molar-refractivity contribution is -0.129. The highest BCUT2D eigenvalue weighted by Crippen LogP contribution is 2.37. The van der Waals surface area contributed by atoms with Crippen LogP contribution in [0.1, 0.15) is 34.6 Å². The molecule has 0 fully saturated rings. The molecule has 0 saturated heterocycles. The van der Waals surface area contributed by atoms with Gasteiger partial charge in [0.2, 0.25) is 11.8 Å². The van der Waals surface area contributed by atoms with E-state index in [0.717, 1.165) is 15.0 Å². The van der Waals surface area contributed by atoms with Crippen LogP contribution in [0.5, 0.6) is 0 Å². The number of esters is 1. The number of anilines is 1. The summed E-state index contributed by atoms with van der Waals surface area (Å²) in [4.78, 5) is 68.8. The second-order valence-electron chi connectivity index (χ2n) is 7.92. The highest BCUT2D eigenvalue weighted by atomic mass is 32.1. The Bertz CT molecular complexity index is 1440. The summed E-state index contributed by atoms with van der Waals surface area (Å²) in [5.74, 6) is -1.09. The average Bonchev–Trinajstić information content (AvgIpc) is 3.36. The molecular formula is C21H24N6O6S. The average molecular weight is 489 g/mol. The van der Waals surface area contributed by atoms with Gasteiger partial charge in [0, 0.05) is 32.4 Å². The van der Waals surface area contributed by atoms with Gasteiger partial charge >= 0.3 is 11.7 Å². The molecule has 0 saturated carbocycles. The topological polar surface area (TPSA) is 138 Å². The van der Waals surface area contributed by atoms with Gasteiger partial charge < -0.3 is 19.5 Å². The Morgan fingerprint density at radius 3 is 2.62 bits per heavy atom. The maximum absolute atomic E-state index is 12.9. The number of thiophene rings is 1. The number of rotatable bonds is 5. The van der Waals surface area contributed by atoms with Crippen molar-refractivity contribution in [3.05, 3.63) is 43.2 Å². The standard InChI is InChI=1S/C21H24N6O6S/c1-5-33-20(31)15-12-6-7-26(11(2)28)8-13(12)34-18(15)23-14(29)9-27-10-22-17-16(27)19(30)25(4)21(32)24(17)3/h10H,5-9H2,1-4H3,(H,23,29). The number of carbonyl (C=O) groups excluding carboxylic acids is 3. The molecule has 0 radical (unpaired) electrons. The van der Waals surface area contributed by atoms with Crippen molar-refractivity contribution in [3.8, 4) is 0 Å². The summed E-state index contributed by atoms with van der Waals surface area (Å²) in [5.41, 5.74) is 0.277. The van der Waals surface area contributed by atoms with Gasteiger partial charge in [0.1, 0.15) is 11.5 Å². The Hall–Kier alpha value is -3.74. The number of amides is 2. The lowest BCUT2D eigenvalue weighted by atomic mass is 10.0. The third-order valence-corrected chi connectivity index (χ3v) is 6.90. The SMILES string of the molecule is CCOC(=O)c1c(NC(=O)Cn2cnc3c2c(=O)n(C)c(=O)n3C)sc2c1CCN(C(C)=O)C2. The predicted octanol–water partition coefficient (Wildman–Crippen LogP) is 0.215. The number of ether oxygens (including phenoxy) is 1. The first-order chi connectivity index (χ1) is 16.1. The van der Waals surface area contributed by atoms with Crippen LogP contribution in [0.2, 0.25) is 0 Å². The fourth-order valence-corrected chi connectivity index (χ4v) is 5.28. The van der Waals surface area contributed by atoms with Crippen LogP contribution < -0.4 is 16.6 Å². The Kier molecular flexibility index (Phi) is 6.13. The van der Waals surface area contributed by atoms with Gasteiger partial charge in [0.15, 0.2) is 11.2 Å². The molecule has 13 heteroatoms. The second kappa shape index (κ2) is 8.89. The Morgan fingerprint density at radius 2 is 1.94 bits per heavy atom. The fourth-order valence-electron chi connectivity index (χ4n) is 4.02. The van der Waals surface area contributed by atoms with Gasteiger partial charge in [-0.25, -0.2) is 14.6 Å². The molecule has 3 aromatic rings. The molecule has 1 N–H and O–H groups in total. The van der Waals surface area contributed by atoms with E-state index in [2.05, 4.69) is 10.3 Å². The molecular weight excluding hydrogens is 464 g/mol. The van der Waals surface area contributed by atoms with Crippen molar-refractivity contribution < 1.29 is 19.1 Å². The van der Waals surface area contributed by atoms with Gasteiger partial charge in [-0.3, -0.25) is 23.5 Å². The quantitative estimate of drug-likeness (QED) is 0.507. The largest absolute Gasteiger partial charge is 0.462 e. The molecule has 1 aliphatic rings. The molecule has 180 valence electrons. The molecule has 0 atom stereocenters. The summed E-state index contributed by atoms with van der Waals surface area (Å²) in [7, 11) is 2.85. The fraction of sp³-hybridized carbons (Fsp3) is 0.429. The van der Waals surface area contributed by atoms with Crippen LogP contribution in [0.15, 0.2) is 15.9 Å². The van der Waals surface area contributed by atoms with Crippen molar-refractivity contribution >= 4 is 45.3 Å². The van der Waals surface area contributed by atoms with E-state index >= 15 is 0 Å². The van der Waals surface area contributed by atoms with Crippen LogP contribution in [0.3, 0.4) is 0 Å². The van der Waals surface area contributed by atoms with Crippen molar-refractivity contribution in [2.24, 2.45) is 14.1 Å². The summed E-state index contributed by atoms with van der Waals surface area (Å²) in [6, 6.07) is 0. The lowest BCUT2D eigenvalue weighted by Crippen LogP contribution is -2.37. The van der Waals surface area contributed by atoms with Crippen molar-refractivity contribution in [3.63, 3.8) is 0 Å². The van der Waals surface area contributed by atoms with Crippen LogP contribution >= 0.6 is 11.3 Å². The highest BCUT2D eigenvalue weighted by molar-refractivity contribution is 7.17. The molecule has 3 aromatic heterocycles. The first-order valence-corrected chi connectivity index (χ1v) is 11.4. The normalized spacial score (nSPS) is 13.1. The van der Waals surface area contributed by atoms with Crippen molar-refractivity contribution in [2.75, 3.05) is 18.5 Å². The van der Waals surface area contributed by atoms with Gasteiger partial charge in [0.05, 0.1) is 25.0 Å². The number of carbonyl (C=O) groups is 3. The molecule has 0 aromatic carbocycles. The van der Waals surface area contributed by atoms with Crippen LogP contribution in [0.25, 0.3) is 11.2 Å². The van der Waals surface area contributed by atoms with E-state index in [-0.39, 0.29) is 30.2 Å². The molecule has 34 heavy (non-hydrogen) atoms. The van der Waals surface area contributed by atoms with Gasteiger partial charge in [-0.2, -0.15) is 0 Å². The number of hydrogen-bond donors (Lipinski definition) is 1. The molecule has 4 heterocycles. The zero-order valence-corrected chi connectivity index (χ0v) is 20.0. The monoisotopic (exact) mass is 488 g/mol. The van der Waals surface area contributed by atoms with Crippen LogP contribution in [-0.2, 0) is 47.9 Å². The van der Waals surface area contributed by atoms with Gasteiger partial charge in [0.25, 0.3) is 5.56 Å². The molecule has 0 aliphatic carbocycles. The number of nitrogens with zero attached hydrogens (tertiary/aromatic N) is 5. The van der Waals surface area contributed by atoms with Crippen molar-refractivity contribution in [1.82, 2.24) is 23.6 Å². The molecule has 0 unspecified atom stereocenters. The van der Waals surface area contributed by atoms with E-state index in [1.165, 1.54) is 47.8 Å². The lowest BCUT2D eigenvalue weighted by Gasteiger charge is -2.25. The van der Waals surface area contributed by atoms with Crippen molar-refractivity contribution in [1.29, 1.82) is 0 Å². The maximum Gasteiger partial charge on any atom is 0.341 e. The zero-order valence-electron chi connectivity index (χ0n) is 19.2. The zero-order chi connectivity index (χ0) is 24.7. The minimum absolute atomic E-state index is 0.0645. The smallest absolute Gasteiger partial charge is 0.341 e. The Labute approximate surface area is 197 Å². The van der Waals surface area contributed by atoms with Crippen molar-refractivity contribution in [2.45, 2.75) is 33.4 Å². The number of hydrogen-bond acceptors (Lipinski definition) is 8. The minimum Gasteiger partial charge on any atom is -0.462 e. The summed E-state index contributed by atoms with van der Waals surface area (Å²) in [6.07, 6.45) is 1.80. The molecule has 0 spiro atoms. The van der Waals surface area contributed by atoms with Crippen LogP contribution in [-0.4, -0.2) is 54.5 Å². The van der Waals surface area contributed by atoms with Crippen LogP contribution in [0.4, 0.5) is 5.00 Å². The molecule has 0 bridgehead atoms. The number of aryl methyl sites for hydroxylation is 1. The number of fused-ring (bicyclic) bond motifs is 2. The summed E-state index contributed by atoms with van der Waals surface area (Å²) in [6.45, 7) is 3.94.